The molecule has 1 aromatic carbocycles. The zero-order valence-corrected chi connectivity index (χ0v) is 13.7. The topological polar surface area (TPSA) is 26.7 Å². The number of nitrogens with zero attached hydrogens (tertiary/aromatic N) is 2. The van der Waals surface area contributed by atoms with Crippen molar-refractivity contribution in [1.82, 2.24) is 9.80 Å². The molecule has 0 bridgehead atoms. The van der Waals surface area contributed by atoms with Crippen molar-refractivity contribution in [1.29, 1.82) is 0 Å². The first-order chi connectivity index (χ1) is 8.79. The molecule has 1 unspecified atom stereocenters. The summed E-state index contributed by atoms with van der Waals surface area (Å²) < 4.78 is 0. The Kier molecular flexibility index (Phi) is 10.2. The van der Waals surface area contributed by atoms with Gasteiger partial charge < -0.3 is 5.11 Å². The fraction of sp³-hybridized carbons (Fsp3) is 0.600. The predicted molar refractivity (Wildman–Crippen MR) is 89.2 cm³/mol. The summed E-state index contributed by atoms with van der Waals surface area (Å²) >= 11 is 0. The van der Waals surface area contributed by atoms with Crippen molar-refractivity contribution >= 4 is 24.8 Å². The van der Waals surface area contributed by atoms with Gasteiger partial charge in [0.25, 0.3) is 0 Å². The molecule has 116 valence electrons. The third-order valence-corrected chi connectivity index (χ3v) is 3.82. The summed E-state index contributed by atoms with van der Waals surface area (Å²) in [6, 6.07) is 11.3. The molecule has 1 aliphatic rings. The minimum atomic E-state index is 0. The summed E-state index contributed by atoms with van der Waals surface area (Å²) in [5, 5.41) is 8.93. The van der Waals surface area contributed by atoms with Gasteiger partial charge in [0, 0.05) is 38.8 Å². The summed E-state index contributed by atoms with van der Waals surface area (Å²) in [5.41, 5.74) is 1.42. The second kappa shape index (κ2) is 10.4. The Morgan fingerprint density at radius 1 is 1.05 bits per heavy atom. The molecule has 0 radical (unpaired) electrons. The molecule has 1 aromatic rings. The smallest absolute Gasteiger partial charge is 0.0558 e. The van der Waals surface area contributed by atoms with Crippen LogP contribution in [-0.4, -0.2) is 60.3 Å². The largest absolute Gasteiger partial charge is 0.395 e. The highest BCUT2D eigenvalue weighted by Crippen LogP contribution is 2.11. The number of aliphatic hydroxyl groups is 1. The zero-order valence-electron chi connectivity index (χ0n) is 12.1. The number of β-amino-alcohol motifs (C(OH)–C–C–N with tert-alkyl or cyclic N) is 1. The highest BCUT2D eigenvalue weighted by molar-refractivity contribution is 5.85. The number of aliphatic hydroxyl groups excluding tert-OH is 1. The van der Waals surface area contributed by atoms with Crippen molar-refractivity contribution in [2.24, 2.45) is 0 Å². The maximum absolute atomic E-state index is 8.93. The van der Waals surface area contributed by atoms with Crippen LogP contribution >= 0.6 is 24.8 Å². The van der Waals surface area contributed by atoms with Gasteiger partial charge in [-0.1, -0.05) is 30.3 Å². The van der Waals surface area contributed by atoms with Crippen LogP contribution in [0.1, 0.15) is 12.5 Å². The lowest BCUT2D eigenvalue weighted by Gasteiger charge is -2.38. The number of benzene rings is 1. The van der Waals surface area contributed by atoms with E-state index in [-0.39, 0.29) is 31.4 Å². The first kappa shape index (κ1) is 19.7. The van der Waals surface area contributed by atoms with Crippen molar-refractivity contribution in [3.8, 4) is 0 Å². The van der Waals surface area contributed by atoms with Crippen LogP contribution in [0.4, 0.5) is 0 Å². The highest BCUT2D eigenvalue weighted by atomic mass is 35.5. The van der Waals surface area contributed by atoms with Crippen LogP contribution in [0.2, 0.25) is 0 Å². The molecule has 5 heteroatoms. The molecule has 1 aliphatic heterocycles. The van der Waals surface area contributed by atoms with Crippen LogP contribution in [0.25, 0.3) is 0 Å². The summed E-state index contributed by atoms with van der Waals surface area (Å²) in [7, 11) is 0. The minimum Gasteiger partial charge on any atom is -0.395 e. The first-order valence-corrected chi connectivity index (χ1v) is 6.91. The molecule has 1 saturated heterocycles. The van der Waals surface area contributed by atoms with Crippen molar-refractivity contribution < 1.29 is 5.11 Å². The van der Waals surface area contributed by atoms with Gasteiger partial charge in [0.15, 0.2) is 0 Å². The summed E-state index contributed by atoms with van der Waals surface area (Å²) in [4.78, 5) is 4.90. The van der Waals surface area contributed by atoms with E-state index in [1.807, 2.05) is 0 Å². The van der Waals surface area contributed by atoms with Crippen LogP contribution in [0, 0.1) is 0 Å². The average Bonchev–Trinajstić information content (AvgIpc) is 2.41. The lowest BCUT2D eigenvalue weighted by atomic mass is 10.1. The first-order valence-electron chi connectivity index (χ1n) is 6.91. The van der Waals surface area contributed by atoms with Gasteiger partial charge in [-0.25, -0.2) is 0 Å². The molecular weight excluding hydrogens is 295 g/mol. The van der Waals surface area contributed by atoms with E-state index in [0.29, 0.717) is 6.04 Å². The lowest BCUT2D eigenvalue weighted by Crippen LogP contribution is -2.50. The Bertz CT molecular complexity index is 343. The molecule has 3 nitrogen and oxygen atoms in total. The molecule has 0 aliphatic carbocycles. The minimum absolute atomic E-state index is 0. The third kappa shape index (κ3) is 5.98. The van der Waals surface area contributed by atoms with Crippen molar-refractivity contribution in [2.45, 2.75) is 19.4 Å². The van der Waals surface area contributed by atoms with E-state index in [9.17, 15) is 0 Å². The van der Waals surface area contributed by atoms with Gasteiger partial charge in [0.2, 0.25) is 0 Å². The fourth-order valence-corrected chi connectivity index (χ4v) is 2.65. The second-order valence-corrected chi connectivity index (χ2v) is 5.14. The Balaban J connectivity index is 0.00000180. The molecule has 0 aromatic heterocycles. The fourth-order valence-electron chi connectivity index (χ4n) is 2.65. The van der Waals surface area contributed by atoms with Gasteiger partial charge in [0.1, 0.15) is 0 Å². The predicted octanol–water partition coefficient (Wildman–Crippen LogP) is 2.07. The van der Waals surface area contributed by atoms with Crippen LogP contribution in [0.15, 0.2) is 30.3 Å². The zero-order chi connectivity index (χ0) is 12.8. The Labute approximate surface area is 134 Å². The van der Waals surface area contributed by atoms with Gasteiger partial charge in [-0.3, -0.25) is 9.80 Å². The Morgan fingerprint density at radius 3 is 2.20 bits per heavy atom. The summed E-state index contributed by atoms with van der Waals surface area (Å²) in [6.07, 6.45) is 1.13. The van der Waals surface area contributed by atoms with Crippen molar-refractivity contribution in [3.63, 3.8) is 0 Å². The van der Waals surface area contributed by atoms with E-state index in [2.05, 4.69) is 47.1 Å². The van der Waals surface area contributed by atoms with Gasteiger partial charge in [-0.05, 0) is 18.9 Å². The van der Waals surface area contributed by atoms with Gasteiger partial charge in [0.05, 0.1) is 6.61 Å². The molecule has 1 atom stereocenters. The quantitative estimate of drug-likeness (QED) is 0.899. The number of piperazine rings is 1. The lowest BCUT2D eigenvalue weighted by molar-refractivity contribution is 0.0888. The monoisotopic (exact) mass is 320 g/mol. The van der Waals surface area contributed by atoms with Gasteiger partial charge in [-0.2, -0.15) is 0 Å². The molecule has 0 spiro atoms. The van der Waals surface area contributed by atoms with Gasteiger partial charge in [-0.15, -0.1) is 24.8 Å². The van der Waals surface area contributed by atoms with Crippen molar-refractivity contribution in [2.75, 3.05) is 39.3 Å². The van der Waals surface area contributed by atoms with E-state index in [4.69, 9.17) is 5.11 Å². The van der Waals surface area contributed by atoms with E-state index in [0.717, 1.165) is 39.1 Å². The number of halogens is 2. The molecule has 1 fully saturated rings. The molecule has 20 heavy (non-hydrogen) atoms. The number of hydrogen-bond donors (Lipinski definition) is 1. The Morgan fingerprint density at radius 2 is 1.65 bits per heavy atom. The second-order valence-electron chi connectivity index (χ2n) is 5.14. The molecule has 0 saturated carbocycles. The maximum Gasteiger partial charge on any atom is 0.0558 e. The summed E-state index contributed by atoms with van der Waals surface area (Å²) in [6.45, 7) is 7.82. The summed E-state index contributed by atoms with van der Waals surface area (Å²) in [5.74, 6) is 0. The van der Waals surface area contributed by atoms with E-state index in [1.54, 1.807) is 0 Å². The normalized spacial score (nSPS) is 17.9. The SMILES string of the molecule is CC(Cc1ccccc1)N1CCN(CCO)CC1.Cl.Cl. The van der Waals surface area contributed by atoms with Crippen LogP contribution in [-0.2, 0) is 6.42 Å². The number of hydrogen-bond acceptors (Lipinski definition) is 3. The van der Waals surface area contributed by atoms with Crippen LogP contribution in [0.5, 0.6) is 0 Å². The molecule has 1 N–H and O–H groups in total. The van der Waals surface area contributed by atoms with Gasteiger partial charge >= 0.3 is 0 Å². The van der Waals surface area contributed by atoms with E-state index >= 15 is 0 Å². The van der Waals surface area contributed by atoms with Crippen LogP contribution in [0.3, 0.4) is 0 Å². The van der Waals surface area contributed by atoms with Crippen LogP contribution < -0.4 is 0 Å². The average molecular weight is 321 g/mol. The molecule has 1 heterocycles. The molecular formula is C15H26Cl2N2O. The standard InChI is InChI=1S/C15H24N2O.2ClH/c1-14(13-15-5-3-2-4-6-15)17-9-7-16(8-10-17)11-12-18;;/h2-6,14,18H,7-13H2,1H3;2*1H. The van der Waals surface area contributed by atoms with E-state index < -0.39 is 0 Å². The van der Waals surface area contributed by atoms with Crippen molar-refractivity contribution in [3.05, 3.63) is 35.9 Å². The number of rotatable bonds is 5. The highest BCUT2D eigenvalue weighted by Gasteiger charge is 2.20. The maximum atomic E-state index is 8.93. The molecule has 2 rings (SSSR count). The molecule has 0 amide bonds. The van der Waals surface area contributed by atoms with E-state index in [1.165, 1.54) is 5.56 Å². The third-order valence-electron chi connectivity index (χ3n) is 3.82. The Hall–Kier alpha value is -0.320.